The summed E-state index contributed by atoms with van der Waals surface area (Å²) in [5, 5.41) is 0. The third-order valence-electron chi connectivity index (χ3n) is 1.42. The van der Waals surface area contributed by atoms with Crippen LogP contribution >= 0.6 is 0 Å². The lowest BCUT2D eigenvalue weighted by molar-refractivity contribution is 0.683. The van der Waals surface area contributed by atoms with Crippen molar-refractivity contribution in [1.82, 2.24) is 0 Å². The van der Waals surface area contributed by atoms with Gasteiger partial charge in [-0.25, -0.2) is 0 Å². The molecular formula is C9H15. The molecule has 1 radical (unpaired) electrons. The summed E-state index contributed by atoms with van der Waals surface area (Å²) in [7, 11) is 0. The van der Waals surface area contributed by atoms with Crippen LogP contribution in [0.5, 0.6) is 0 Å². The van der Waals surface area contributed by atoms with Crippen LogP contribution in [0.2, 0.25) is 0 Å². The van der Waals surface area contributed by atoms with Crippen LogP contribution in [0.1, 0.15) is 19.8 Å². The zero-order chi connectivity index (χ0) is 7.28. The molecule has 0 spiro atoms. The summed E-state index contributed by atoms with van der Waals surface area (Å²) in [6.07, 6.45) is 4.04. The van der Waals surface area contributed by atoms with Crippen molar-refractivity contribution >= 4 is 0 Å². The Hall–Kier alpha value is -0.520. The molecule has 0 aliphatic rings. The summed E-state index contributed by atoms with van der Waals surface area (Å²) in [5.74, 6) is 0.406. The maximum Gasteiger partial charge on any atom is -0.0206 e. The highest BCUT2D eigenvalue weighted by Gasteiger charge is 1.98. The lowest BCUT2D eigenvalue weighted by Gasteiger charge is -2.07. The van der Waals surface area contributed by atoms with E-state index in [9.17, 15) is 0 Å². The predicted octanol–water partition coefficient (Wildman–Crippen LogP) is 2.98. The summed E-state index contributed by atoms with van der Waals surface area (Å²) in [6, 6.07) is 0. The summed E-state index contributed by atoms with van der Waals surface area (Å²) in [5.41, 5.74) is 1.16. The Morgan fingerprint density at radius 3 is 2.56 bits per heavy atom. The van der Waals surface area contributed by atoms with E-state index < -0.39 is 0 Å². The average molecular weight is 123 g/mol. The standard InChI is InChI=1S/C9H15/c1-5-6-7-9(4)8(2)3/h5,9H,1-2,4,6-7H2,3H3. The average Bonchev–Trinajstić information content (AvgIpc) is 1.82. The quantitative estimate of drug-likeness (QED) is 0.504. The van der Waals surface area contributed by atoms with Crippen LogP contribution in [0.15, 0.2) is 24.8 Å². The Kier molecular flexibility index (Phi) is 4.12. The van der Waals surface area contributed by atoms with E-state index in [1.165, 1.54) is 0 Å². The third kappa shape index (κ3) is 4.01. The smallest absolute Gasteiger partial charge is 0.0206 e. The molecule has 0 aliphatic heterocycles. The summed E-state index contributed by atoms with van der Waals surface area (Å²) >= 11 is 0. The van der Waals surface area contributed by atoms with E-state index in [2.05, 4.69) is 20.1 Å². The van der Waals surface area contributed by atoms with Gasteiger partial charge in [-0.05, 0) is 32.6 Å². The minimum atomic E-state index is 0.406. The maximum absolute atomic E-state index is 3.93. The molecule has 0 heteroatoms. The maximum atomic E-state index is 3.93. The van der Waals surface area contributed by atoms with E-state index in [0.717, 1.165) is 18.4 Å². The summed E-state index contributed by atoms with van der Waals surface area (Å²) < 4.78 is 0. The third-order valence-corrected chi connectivity index (χ3v) is 1.42. The van der Waals surface area contributed by atoms with E-state index in [0.29, 0.717) is 5.92 Å². The van der Waals surface area contributed by atoms with Crippen molar-refractivity contribution in [3.63, 3.8) is 0 Å². The van der Waals surface area contributed by atoms with Gasteiger partial charge in [0, 0.05) is 0 Å². The molecule has 0 saturated heterocycles. The molecule has 1 unspecified atom stereocenters. The second-order valence-corrected chi connectivity index (χ2v) is 2.41. The molecule has 0 N–H and O–H groups in total. The van der Waals surface area contributed by atoms with Crippen molar-refractivity contribution in [3.05, 3.63) is 31.7 Å². The van der Waals surface area contributed by atoms with Crippen LogP contribution < -0.4 is 0 Å². The molecule has 0 amide bonds. The van der Waals surface area contributed by atoms with Gasteiger partial charge >= 0.3 is 0 Å². The Labute approximate surface area is 58.3 Å². The molecular weight excluding hydrogens is 108 g/mol. The molecule has 0 bridgehead atoms. The van der Waals surface area contributed by atoms with E-state index in [4.69, 9.17) is 0 Å². The topological polar surface area (TPSA) is 0 Å². The molecule has 0 fully saturated rings. The molecule has 51 valence electrons. The Bertz CT molecular complexity index is 101. The van der Waals surface area contributed by atoms with Crippen molar-refractivity contribution in [1.29, 1.82) is 0 Å². The highest BCUT2D eigenvalue weighted by molar-refractivity contribution is 4.97. The van der Waals surface area contributed by atoms with Gasteiger partial charge in [-0.1, -0.05) is 18.2 Å². The van der Waals surface area contributed by atoms with Gasteiger partial charge in [-0.15, -0.1) is 6.58 Å². The highest BCUT2D eigenvalue weighted by atomic mass is 14.0. The molecule has 1 atom stereocenters. The Balaban J connectivity index is 3.37. The number of hydrogen-bond acceptors (Lipinski definition) is 0. The highest BCUT2D eigenvalue weighted by Crippen LogP contribution is 2.12. The van der Waals surface area contributed by atoms with E-state index in [1.54, 1.807) is 0 Å². The first-order chi connectivity index (χ1) is 4.18. The lowest BCUT2D eigenvalue weighted by atomic mass is 9.99. The SMILES string of the molecule is [CH2]C(CCC=C)C(=C)C. The van der Waals surface area contributed by atoms with E-state index >= 15 is 0 Å². The van der Waals surface area contributed by atoms with Crippen LogP contribution in [-0.4, -0.2) is 0 Å². The van der Waals surface area contributed by atoms with Crippen LogP contribution in [0, 0.1) is 12.8 Å². The van der Waals surface area contributed by atoms with Gasteiger partial charge in [0.2, 0.25) is 0 Å². The first kappa shape index (κ1) is 8.48. The fourth-order valence-corrected chi connectivity index (χ4v) is 0.565. The van der Waals surface area contributed by atoms with Crippen molar-refractivity contribution in [3.8, 4) is 0 Å². The van der Waals surface area contributed by atoms with Gasteiger partial charge in [-0.3, -0.25) is 0 Å². The number of rotatable bonds is 4. The van der Waals surface area contributed by atoms with Gasteiger partial charge in [0.05, 0.1) is 0 Å². The molecule has 0 aromatic rings. The fraction of sp³-hybridized carbons (Fsp3) is 0.444. The zero-order valence-corrected chi connectivity index (χ0v) is 6.19. The minimum absolute atomic E-state index is 0.406. The molecule has 0 saturated carbocycles. The van der Waals surface area contributed by atoms with E-state index in [-0.39, 0.29) is 0 Å². The number of allylic oxidation sites excluding steroid dienone is 2. The van der Waals surface area contributed by atoms with Gasteiger partial charge in [-0.2, -0.15) is 0 Å². The van der Waals surface area contributed by atoms with Crippen molar-refractivity contribution in [2.75, 3.05) is 0 Å². The van der Waals surface area contributed by atoms with Crippen LogP contribution in [0.3, 0.4) is 0 Å². The van der Waals surface area contributed by atoms with Gasteiger partial charge in [0.1, 0.15) is 0 Å². The second-order valence-electron chi connectivity index (χ2n) is 2.41. The first-order valence-corrected chi connectivity index (χ1v) is 3.28. The molecule has 0 aromatic heterocycles. The van der Waals surface area contributed by atoms with Crippen LogP contribution in [0.25, 0.3) is 0 Å². The first-order valence-electron chi connectivity index (χ1n) is 3.28. The summed E-state index contributed by atoms with van der Waals surface area (Å²) in [4.78, 5) is 0. The number of hydrogen-bond donors (Lipinski definition) is 0. The largest absolute Gasteiger partial charge is 0.103 e. The predicted molar refractivity (Wildman–Crippen MR) is 43.1 cm³/mol. The van der Waals surface area contributed by atoms with Crippen molar-refractivity contribution in [2.24, 2.45) is 5.92 Å². The Morgan fingerprint density at radius 1 is 1.67 bits per heavy atom. The second kappa shape index (κ2) is 4.37. The minimum Gasteiger partial charge on any atom is -0.103 e. The monoisotopic (exact) mass is 123 g/mol. The molecule has 9 heavy (non-hydrogen) atoms. The van der Waals surface area contributed by atoms with Gasteiger partial charge in [0.15, 0.2) is 0 Å². The molecule has 0 nitrogen and oxygen atoms in total. The van der Waals surface area contributed by atoms with Crippen molar-refractivity contribution in [2.45, 2.75) is 19.8 Å². The molecule has 0 aliphatic carbocycles. The Morgan fingerprint density at radius 2 is 2.22 bits per heavy atom. The molecule has 0 heterocycles. The zero-order valence-electron chi connectivity index (χ0n) is 6.19. The summed E-state index contributed by atoms with van der Waals surface area (Å²) in [6.45, 7) is 13.4. The van der Waals surface area contributed by atoms with Crippen molar-refractivity contribution < 1.29 is 0 Å². The van der Waals surface area contributed by atoms with Crippen LogP contribution in [-0.2, 0) is 0 Å². The normalized spacial score (nSPS) is 12.7. The van der Waals surface area contributed by atoms with Crippen LogP contribution in [0.4, 0.5) is 0 Å². The molecule has 0 aromatic carbocycles. The van der Waals surface area contributed by atoms with E-state index in [1.807, 2.05) is 13.0 Å². The van der Waals surface area contributed by atoms with Gasteiger partial charge in [0.25, 0.3) is 0 Å². The fourth-order valence-electron chi connectivity index (χ4n) is 0.565. The lowest BCUT2D eigenvalue weighted by Crippen LogP contribution is -1.93. The molecule has 0 rings (SSSR count). The van der Waals surface area contributed by atoms with Gasteiger partial charge < -0.3 is 0 Å².